The standard InChI is InChI=1S/C24H34N4O4/c1-18-6-4-5-13-27(18)24(30)22(19-7-2-3-8-19)25-14-16-26(17-15-25)23(29)20-9-11-21(12-10-20)28(31)32/h9-12,18-19,22H,2-8,13-17H2,1H3/t18-,22+/m1/s1. The van der Waals surface area contributed by atoms with Crippen LogP contribution in [0.3, 0.4) is 0 Å². The summed E-state index contributed by atoms with van der Waals surface area (Å²) >= 11 is 0. The second kappa shape index (κ2) is 9.98. The predicted molar refractivity (Wildman–Crippen MR) is 121 cm³/mol. The maximum atomic E-state index is 13.7. The number of piperidine rings is 1. The molecule has 8 heteroatoms. The first-order chi connectivity index (χ1) is 15.5. The van der Waals surface area contributed by atoms with Gasteiger partial charge in [-0.05, 0) is 57.1 Å². The average Bonchev–Trinajstić information content (AvgIpc) is 3.34. The van der Waals surface area contributed by atoms with Gasteiger partial charge in [-0.1, -0.05) is 12.8 Å². The summed E-state index contributed by atoms with van der Waals surface area (Å²) in [7, 11) is 0. The van der Waals surface area contributed by atoms with Gasteiger partial charge in [0.25, 0.3) is 11.6 Å². The average molecular weight is 443 g/mol. The van der Waals surface area contributed by atoms with Crippen molar-refractivity contribution in [2.45, 2.75) is 64.0 Å². The summed E-state index contributed by atoms with van der Waals surface area (Å²) in [4.78, 5) is 43.2. The summed E-state index contributed by atoms with van der Waals surface area (Å²) in [5.41, 5.74) is 0.450. The van der Waals surface area contributed by atoms with E-state index in [4.69, 9.17) is 0 Å². The Morgan fingerprint density at radius 3 is 2.16 bits per heavy atom. The van der Waals surface area contributed by atoms with Crippen LogP contribution >= 0.6 is 0 Å². The van der Waals surface area contributed by atoms with Crippen LogP contribution in [0.25, 0.3) is 0 Å². The fourth-order valence-corrected chi connectivity index (χ4v) is 5.64. The molecule has 0 unspecified atom stereocenters. The summed E-state index contributed by atoms with van der Waals surface area (Å²) in [5.74, 6) is 0.598. The van der Waals surface area contributed by atoms with Crippen LogP contribution in [0, 0.1) is 16.0 Å². The number of benzene rings is 1. The van der Waals surface area contributed by atoms with Gasteiger partial charge in [-0.3, -0.25) is 24.6 Å². The first-order valence-corrected chi connectivity index (χ1v) is 12.0. The van der Waals surface area contributed by atoms with Gasteiger partial charge >= 0.3 is 0 Å². The lowest BCUT2D eigenvalue weighted by atomic mass is 9.92. The molecular weight excluding hydrogens is 408 g/mol. The van der Waals surface area contributed by atoms with Gasteiger partial charge in [0.05, 0.1) is 11.0 Å². The topological polar surface area (TPSA) is 87.0 Å². The molecule has 0 aromatic heterocycles. The molecule has 8 nitrogen and oxygen atoms in total. The Bertz CT molecular complexity index is 829. The van der Waals surface area contributed by atoms with Crippen LogP contribution in [0.1, 0.15) is 62.2 Å². The SMILES string of the molecule is C[C@@H]1CCCCN1C(=O)[C@H](C1CCCC1)N1CCN(C(=O)c2ccc([N+](=O)[O-])cc2)CC1. The van der Waals surface area contributed by atoms with Crippen LogP contribution in [0.5, 0.6) is 0 Å². The van der Waals surface area contributed by atoms with E-state index < -0.39 is 4.92 Å². The molecular formula is C24H34N4O4. The largest absolute Gasteiger partial charge is 0.339 e. The van der Waals surface area contributed by atoms with E-state index in [2.05, 4.69) is 16.7 Å². The Balaban J connectivity index is 1.42. The molecule has 1 aromatic carbocycles. The lowest BCUT2D eigenvalue weighted by Gasteiger charge is -2.44. The highest BCUT2D eigenvalue weighted by Crippen LogP contribution is 2.33. The van der Waals surface area contributed by atoms with Gasteiger partial charge in [0.15, 0.2) is 0 Å². The third-order valence-corrected chi connectivity index (χ3v) is 7.51. The summed E-state index contributed by atoms with van der Waals surface area (Å²) in [5, 5.41) is 10.9. The van der Waals surface area contributed by atoms with E-state index in [1.165, 1.54) is 43.5 Å². The third kappa shape index (κ3) is 4.80. The molecule has 1 aliphatic carbocycles. The van der Waals surface area contributed by atoms with Crippen LogP contribution in [-0.4, -0.2) is 76.2 Å². The van der Waals surface area contributed by atoms with Gasteiger partial charge in [0, 0.05) is 56.5 Å². The van der Waals surface area contributed by atoms with Crippen molar-refractivity contribution in [2.24, 2.45) is 5.92 Å². The van der Waals surface area contributed by atoms with Crippen LogP contribution in [0.15, 0.2) is 24.3 Å². The molecule has 4 rings (SSSR count). The zero-order valence-electron chi connectivity index (χ0n) is 18.9. The molecule has 1 saturated carbocycles. The lowest BCUT2D eigenvalue weighted by Crippen LogP contribution is -2.60. The molecule has 2 atom stereocenters. The smallest absolute Gasteiger partial charge is 0.269 e. The minimum absolute atomic E-state index is 0.0174. The highest BCUT2D eigenvalue weighted by atomic mass is 16.6. The number of nitro groups is 1. The Kier molecular flexibility index (Phi) is 7.08. The summed E-state index contributed by atoms with van der Waals surface area (Å²) in [6.45, 7) is 5.55. The fraction of sp³-hybridized carbons (Fsp3) is 0.667. The summed E-state index contributed by atoms with van der Waals surface area (Å²) in [6.07, 6.45) is 7.99. The van der Waals surface area contributed by atoms with E-state index in [1.807, 2.05) is 0 Å². The monoisotopic (exact) mass is 442 g/mol. The molecule has 1 aromatic rings. The Morgan fingerprint density at radius 2 is 1.56 bits per heavy atom. The maximum absolute atomic E-state index is 13.7. The van der Waals surface area contributed by atoms with E-state index in [9.17, 15) is 19.7 Å². The van der Waals surface area contributed by atoms with Gasteiger partial charge in [-0.25, -0.2) is 0 Å². The number of rotatable bonds is 5. The van der Waals surface area contributed by atoms with E-state index in [-0.39, 0.29) is 17.6 Å². The Hall–Kier alpha value is -2.48. The van der Waals surface area contributed by atoms with Crippen molar-refractivity contribution in [1.29, 1.82) is 0 Å². The molecule has 0 spiro atoms. The van der Waals surface area contributed by atoms with Crippen LogP contribution < -0.4 is 0 Å². The number of hydrogen-bond donors (Lipinski definition) is 0. The lowest BCUT2D eigenvalue weighted by molar-refractivity contribution is -0.384. The molecule has 0 radical (unpaired) electrons. The minimum Gasteiger partial charge on any atom is -0.339 e. The Labute approximate surface area is 189 Å². The molecule has 3 fully saturated rings. The molecule has 2 aliphatic heterocycles. The predicted octanol–water partition coefficient (Wildman–Crippen LogP) is 3.31. The van der Waals surface area contributed by atoms with Gasteiger partial charge in [-0.15, -0.1) is 0 Å². The Morgan fingerprint density at radius 1 is 0.938 bits per heavy atom. The normalized spacial score (nSPS) is 23.8. The molecule has 174 valence electrons. The number of nitro benzene ring substituents is 1. The molecule has 2 saturated heterocycles. The molecule has 0 bridgehead atoms. The highest BCUT2D eigenvalue weighted by Gasteiger charge is 2.40. The van der Waals surface area contributed by atoms with E-state index >= 15 is 0 Å². The van der Waals surface area contributed by atoms with E-state index in [0.29, 0.717) is 49.6 Å². The number of carbonyl (C=O) groups excluding carboxylic acids is 2. The van der Waals surface area contributed by atoms with Crippen molar-refractivity contribution in [3.8, 4) is 0 Å². The molecule has 32 heavy (non-hydrogen) atoms. The van der Waals surface area contributed by atoms with Crippen molar-refractivity contribution in [3.63, 3.8) is 0 Å². The number of hydrogen-bond acceptors (Lipinski definition) is 5. The number of carbonyl (C=O) groups is 2. The first-order valence-electron chi connectivity index (χ1n) is 12.0. The van der Waals surface area contributed by atoms with Crippen LogP contribution in [-0.2, 0) is 4.79 Å². The van der Waals surface area contributed by atoms with Crippen molar-refractivity contribution in [2.75, 3.05) is 32.7 Å². The second-order valence-electron chi connectivity index (χ2n) is 9.50. The van der Waals surface area contributed by atoms with Crippen molar-refractivity contribution >= 4 is 17.5 Å². The van der Waals surface area contributed by atoms with Gasteiger partial charge in [-0.2, -0.15) is 0 Å². The molecule has 0 N–H and O–H groups in total. The number of nitrogens with zero attached hydrogens (tertiary/aromatic N) is 4. The fourth-order valence-electron chi connectivity index (χ4n) is 5.64. The van der Waals surface area contributed by atoms with Crippen molar-refractivity contribution in [3.05, 3.63) is 39.9 Å². The van der Waals surface area contributed by atoms with Gasteiger partial charge in [0.2, 0.25) is 5.91 Å². The zero-order chi connectivity index (χ0) is 22.7. The van der Waals surface area contributed by atoms with E-state index in [1.54, 1.807) is 4.90 Å². The minimum atomic E-state index is -0.462. The van der Waals surface area contributed by atoms with Crippen molar-refractivity contribution in [1.82, 2.24) is 14.7 Å². The van der Waals surface area contributed by atoms with Gasteiger partial charge in [0.1, 0.15) is 0 Å². The van der Waals surface area contributed by atoms with E-state index in [0.717, 1.165) is 32.2 Å². The summed E-state index contributed by atoms with van der Waals surface area (Å²) in [6, 6.07) is 6.03. The number of piperazine rings is 1. The van der Waals surface area contributed by atoms with Crippen LogP contribution in [0.2, 0.25) is 0 Å². The zero-order valence-corrected chi connectivity index (χ0v) is 18.9. The third-order valence-electron chi connectivity index (χ3n) is 7.51. The van der Waals surface area contributed by atoms with Crippen molar-refractivity contribution < 1.29 is 14.5 Å². The number of non-ortho nitro benzene ring substituents is 1. The number of amides is 2. The second-order valence-corrected chi connectivity index (χ2v) is 9.50. The number of likely N-dealkylation sites (tertiary alicyclic amines) is 1. The first kappa shape index (κ1) is 22.7. The maximum Gasteiger partial charge on any atom is 0.269 e. The van der Waals surface area contributed by atoms with Crippen LogP contribution in [0.4, 0.5) is 5.69 Å². The molecule has 3 aliphatic rings. The molecule has 2 heterocycles. The molecule has 2 amide bonds. The summed E-state index contributed by atoms with van der Waals surface area (Å²) < 4.78 is 0. The highest BCUT2D eigenvalue weighted by molar-refractivity contribution is 5.94. The quantitative estimate of drug-likeness (QED) is 0.516. The van der Waals surface area contributed by atoms with Gasteiger partial charge < -0.3 is 9.80 Å².